The van der Waals surface area contributed by atoms with E-state index < -0.39 is 5.72 Å². The molecule has 0 amide bonds. The van der Waals surface area contributed by atoms with Crippen LogP contribution >= 0.6 is 0 Å². The van der Waals surface area contributed by atoms with Gasteiger partial charge in [-0.3, -0.25) is 0 Å². The van der Waals surface area contributed by atoms with Gasteiger partial charge in [0.2, 0.25) is 0 Å². The molecule has 1 aromatic rings. The average molecular weight is 148 g/mol. The molecule has 11 heavy (non-hydrogen) atoms. The Morgan fingerprint density at radius 1 is 1.18 bits per heavy atom. The van der Waals surface area contributed by atoms with Crippen LogP contribution in [0.15, 0.2) is 24.3 Å². The molecule has 0 saturated heterocycles. The zero-order valence-electron chi connectivity index (χ0n) is 6.17. The summed E-state index contributed by atoms with van der Waals surface area (Å²) >= 11 is 0. The molecular formula is C9H10NO. The predicted octanol–water partition coefficient (Wildman–Crippen LogP) is 0.757. The second-order valence-electron chi connectivity index (χ2n) is 3.15. The van der Waals surface area contributed by atoms with Gasteiger partial charge in [0.1, 0.15) is 5.72 Å². The third-order valence-electron chi connectivity index (χ3n) is 2.08. The van der Waals surface area contributed by atoms with Crippen molar-refractivity contribution in [1.82, 2.24) is 5.73 Å². The largest absolute Gasteiger partial charge is 0.374 e. The molecule has 2 rings (SSSR count). The summed E-state index contributed by atoms with van der Waals surface area (Å²) in [5.41, 5.74) is 8.41. The van der Waals surface area contributed by atoms with Crippen molar-refractivity contribution in [3.63, 3.8) is 0 Å². The van der Waals surface area contributed by atoms with Gasteiger partial charge in [-0.2, -0.15) is 0 Å². The maximum Gasteiger partial charge on any atom is 0.136 e. The van der Waals surface area contributed by atoms with Gasteiger partial charge >= 0.3 is 0 Å². The van der Waals surface area contributed by atoms with Gasteiger partial charge in [-0.05, 0) is 11.1 Å². The Labute approximate surface area is 65.7 Å². The first-order valence-electron chi connectivity index (χ1n) is 3.72. The molecule has 0 heterocycles. The second-order valence-corrected chi connectivity index (χ2v) is 3.15. The van der Waals surface area contributed by atoms with E-state index in [1.807, 2.05) is 24.3 Å². The maximum absolute atomic E-state index is 9.38. The van der Waals surface area contributed by atoms with Gasteiger partial charge in [0.15, 0.2) is 0 Å². The number of benzene rings is 1. The number of hydrogen-bond acceptors (Lipinski definition) is 1. The first-order chi connectivity index (χ1) is 5.17. The molecule has 2 heteroatoms. The van der Waals surface area contributed by atoms with E-state index in [9.17, 15) is 5.11 Å². The Hall–Kier alpha value is -0.860. The van der Waals surface area contributed by atoms with Gasteiger partial charge in [-0.25, -0.2) is 5.73 Å². The molecule has 57 valence electrons. The summed E-state index contributed by atoms with van der Waals surface area (Å²) in [4.78, 5) is 0. The molecule has 0 unspecified atom stereocenters. The number of hydrogen-bond donors (Lipinski definition) is 1. The minimum absolute atomic E-state index is 0.475. The summed E-state index contributed by atoms with van der Waals surface area (Å²) in [5.74, 6) is 0. The molecule has 0 aliphatic heterocycles. The zero-order chi connectivity index (χ0) is 7.90. The van der Waals surface area contributed by atoms with E-state index in [2.05, 4.69) is 0 Å². The maximum atomic E-state index is 9.38. The summed E-state index contributed by atoms with van der Waals surface area (Å²) in [6.07, 6.45) is 0.951. The number of aliphatic hydroxyl groups is 1. The van der Waals surface area contributed by atoms with Gasteiger partial charge < -0.3 is 5.11 Å². The monoisotopic (exact) mass is 148 g/mol. The van der Waals surface area contributed by atoms with Crippen molar-refractivity contribution in [3.05, 3.63) is 35.4 Å². The molecule has 1 aliphatic rings. The van der Waals surface area contributed by atoms with E-state index in [0.717, 1.165) is 11.1 Å². The van der Waals surface area contributed by atoms with E-state index in [1.54, 1.807) is 0 Å². The summed E-state index contributed by atoms with van der Waals surface area (Å²) in [7, 11) is 0. The molecule has 1 aromatic carbocycles. The van der Waals surface area contributed by atoms with Crippen LogP contribution in [-0.2, 0) is 12.8 Å². The van der Waals surface area contributed by atoms with Crippen LogP contribution in [0.3, 0.4) is 0 Å². The fourth-order valence-electron chi connectivity index (χ4n) is 1.60. The molecule has 0 bridgehead atoms. The van der Waals surface area contributed by atoms with E-state index in [-0.39, 0.29) is 0 Å². The van der Waals surface area contributed by atoms with Gasteiger partial charge in [0.05, 0.1) is 0 Å². The standard InChI is InChI=1S/C9H10NO/c10-9(11)5-7-3-1-2-4-8(7)6-9/h1-4,10-11H,5-6H2. The van der Waals surface area contributed by atoms with Crippen molar-refractivity contribution < 1.29 is 5.11 Å². The molecule has 0 saturated carbocycles. The number of rotatable bonds is 0. The molecule has 2 nitrogen and oxygen atoms in total. The fraction of sp³-hybridized carbons (Fsp3) is 0.333. The minimum Gasteiger partial charge on any atom is -0.374 e. The van der Waals surface area contributed by atoms with Crippen molar-refractivity contribution in [2.24, 2.45) is 0 Å². The van der Waals surface area contributed by atoms with Gasteiger partial charge in [-0.1, -0.05) is 24.3 Å². The van der Waals surface area contributed by atoms with Gasteiger partial charge in [0, 0.05) is 12.8 Å². The van der Waals surface area contributed by atoms with Gasteiger partial charge in [-0.15, -0.1) is 0 Å². The average Bonchev–Trinajstić information content (AvgIpc) is 2.21. The van der Waals surface area contributed by atoms with Crippen LogP contribution in [-0.4, -0.2) is 10.8 Å². The summed E-state index contributed by atoms with van der Waals surface area (Å²) in [6.45, 7) is 0. The Morgan fingerprint density at radius 2 is 1.64 bits per heavy atom. The van der Waals surface area contributed by atoms with E-state index in [1.165, 1.54) is 0 Å². The lowest BCUT2D eigenvalue weighted by Crippen LogP contribution is -2.30. The van der Waals surface area contributed by atoms with Crippen molar-refractivity contribution in [1.29, 1.82) is 0 Å². The molecule has 1 aliphatic carbocycles. The SMILES string of the molecule is [NH]C1(O)Cc2ccccc2C1. The summed E-state index contributed by atoms with van der Waals surface area (Å²) < 4.78 is 0. The molecule has 0 spiro atoms. The fourth-order valence-corrected chi connectivity index (χ4v) is 1.60. The van der Waals surface area contributed by atoms with Crippen LogP contribution in [0.25, 0.3) is 0 Å². The molecule has 2 N–H and O–H groups in total. The van der Waals surface area contributed by atoms with Crippen LogP contribution in [0, 0.1) is 0 Å². The normalized spacial score (nSPS) is 19.8. The van der Waals surface area contributed by atoms with E-state index >= 15 is 0 Å². The van der Waals surface area contributed by atoms with Crippen molar-refractivity contribution in [3.8, 4) is 0 Å². The predicted molar refractivity (Wildman–Crippen MR) is 41.9 cm³/mol. The van der Waals surface area contributed by atoms with Crippen molar-refractivity contribution in [2.45, 2.75) is 18.6 Å². The first kappa shape index (κ1) is 6.83. The molecule has 0 atom stereocenters. The lowest BCUT2D eigenvalue weighted by molar-refractivity contribution is 0.0503. The molecular weight excluding hydrogens is 138 g/mol. The number of nitrogens with one attached hydrogen (secondary N) is 1. The van der Waals surface area contributed by atoms with Crippen LogP contribution in [0.2, 0.25) is 0 Å². The van der Waals surface area contributed by atoms with E-state index in [4.69, 9.17) is 5.73 Å². The van der Waals surface area contributed by atoms with Crippen LogP contribution in [0.1, 0.15) is 11.1 Å². The summed E-state index contributed by atoms with van der Waals surface area (Å²) in [6, 6.07) is 7.84. The van der Waals surface area contributed by atoms with Crippen LogP contribution in [0.4, 0.5) is 0 Å². The smallest absolute Gasteiger partial charge is 0.136 e. The lowest BCUT2D eigenvalue weighted by Gasteiger charge is -2.12. The van der Waals surface area contributed by atoms with E-state index in [0.29, 0.717) is 12.8 Å². The molecule has 0 aromatic heterocycles. The minimum atomic E-state index is -1.25. The highest BCUT2D eigenvalue weighted by Crippen LogP contribution is 2.26. The zero-order valence-corrected chi connectivity index (χ0v) is 6.17. The third kappa shape index (κ3) is 1.15. The van der Waals surface area contributed by atoms with Crippen molar-refractivity contribution >= 4 is 0 Å². The Balaban J connectivity index is 2.41. The highest BCUT2D eigenvalue weighted by Gasteiger charge is 2.31. The summed E-state index contributed by atoms with van der Waals surface area (Å²) in [5, 5.41) is 9.38. The topological polar surface area (TPSA) is 44.0 Å². The highest BCUT2D eigenvalue weighted by molar-refractivity contribution is 5.34. The third-order valence-corrected chi connectivity index (χ3v) is 2.08. The Morgan fingerprint density at radius 3 is 2.09 bits per heavy atom. The molecule has 1 radical (unpaired) electrons. The highest BCUT2D eigenvalue weighted by atomic mass is 16.3. The lowest BCUT2D eigenvalue weighted by atomic mass is 10.1. The number of fused-ring (bicyclic) bond motifs is 1. The molecule has 0 fully saturated rings. The second kappa shape index (κ2) is 2.06. The Bertz CT molecular complexity index is 254. The van der Waals surface area contributed by atoms with Crippen LogP contribution in [0.5, 0.6) is 0 Å². The quantitative estimate of drug-likeness (QED) is 0.580. The van der Waals surface area contributed by atoms with Gasteiger partial charge in [0.25, 0.3) is 0 Å². The van der Waals surface area contributed by atoms with Crippen LogP contribution < -0.4 is 5.73 Å². The Kier molecular flexibility index (Phi) is 1.28. The first-order valence-corrected chi connectivity index (χ1v) is 3.72. The van der Waals surface area contributed by atoms with Crippen molar-refractivity contribution in [2.75, 3.05) is 0 Å².